The molecular weight excluding hydrogens is 166 g/mol. The fourth-order valence-electron chi connectivity index (χ4n) is 2.65. The zero-order valence-corrected chi connectivity index (χ0v) is 7.91. The first-order valence-corrected chi connectivity index (χ1v) is 5.25. The van der Waals surface area contributed by atoms with Gasteiger partial charge in [-0.3, -0.25) is 4.79 Å². The Morgan fingerprint density at radius 3 is 2.85 bits per heavy atom. The second-order valence-corrected chi connectivity index (χ2v) is 4.11. The molecule has 2 saturated heterocycles. The molecule has 0 aromatic rings. The van der Waals surface area contributed by atoms with Crippen molar-refractivity contribution in [1.29, 1.82) is 0 Å². The number of carbonyl (C=O) groups is 1. The van der Waals surface area contributed by atoms with E-state index in [0.29, 0.717) is 12.5 Å². The molecule has 2 heterocycles. The summed E-state index contributed by atoms with van der Waals surface area (Å²) in [7, 11) is 0. The van der Waals surface area contributed by atoms with Gasteiger partial charge in [-0.05, 0) is 32.1 Å². The maximum atomic E-state index is 11.6. The number of hydrogen-bond donors (Lipinski definition) is 1. The smallest absolute Gasteiger partial charge is 0.223 e. The minimum atomic E-state index is 0.117. The summed E-state index contributed by atoms with van der Waals surface area (Å²) in [6.45, 7) is 0.141. The summed E-state index contributed by atoms with van der Waals surface area (Å²) < 4.78 is 0. The van der Waals surface area contributed by atoms with E-state index >= 15 is 0 Å². The van der Waals surface area contributed by atoms with Gasteiger partial charge in [0.25, 0.3) is 0 Å². The maximum Gasteiger partial charge on any atom is 0.223 e. The highest BCUT2D eigenvalue weighted by atomic mass is 16.3. The summed E-state index contributed by atoms with van der Waals surface area (Å²) in [5.74, 6) is 0.259. The van der Waals surface area contributed by atoms with E-state index in [-0.39, 0.29) is 18.6 Å². The van der Waals surface area contributed by atoms with Crippen molar-refractivity contribution in [1.82, 2.24) is 4.90 Å². The number of nitrogens with zero attached hydrogens (tertiary/aromatic N) is 1. The normalized spacial score (nSPS) is 34.5. The van der Waals surface area contributed by atoms with E-state index < -0.39 is 0 Å². The Balaban J connectivity index is 2.11. The van der Waals surface area contributed by atoms with Gasteiger partial charge in [-0.2, -0.15) is 0 Å². The minimum Gasteiger partial charge on any atom is -0.394 e. The van der Waals surface area contributed by atoms with Crippen molar-refractivity contribution in [2.75, 3.05) is 6.61 Å². The molecule has 2 aliphatic heterocycles. The molecule has 3 nitrogen and oxygen atoms in total. The Kier molecular flexibility index (Phi) is 2.54. The third-order valence-corrected chi connectivity index (χ3v) is 3.29. The predicted molar refractivity (Wildman–Crippen MR) is 49.2 cm³/mol. The average Bonchev–Trinajstić information content (AvgIpc) is 2.17. The molecule has 2 fully saturated rings. The summed E-state index contributed by atoms with van der Waals surface area (Å²) in [5.41, 5.74) is 0. The second-order valence-electron chi connectivity index (χ2n) is 4.11. The number of fused-ring (bicyclic) bond motifs is 1. The van der Waals surface area contributed by atoms with Crippen LogP contribution in [0.4, 0.5) is 0 Å². The van der Waals surface area contributed by atoms with Gasteiger partial charge in [0.2, 0.25) is 5.91 Å². The minimum absolute atomic E-state index is 0.117. The molecule has 1 N–H and O–H groups in total. The van der Waals surface area contributed by atoms with E-state index in [2.05, 4.69) is 0 Å². The van der Waals surface area contributed by atoms with Gasteiger partial charge >= 0.3 is 0 Å². The molecule has 74 valence electrons. The van der Waals surface area contributed by atoms with Gasteiger partial charge in [-0.25, -0.2) is 0 Å². The van der Waals surface area contributed by atoms with Gasteiger partial charge < -0.3 is 10.0 Å². The Hall–Kier alpha value is -0.570. The van der Waals surface area contributed by atoms with Crippen molar-refractivity contribution in [3.8, 4) is 0 Å². The van der Waals surface area contributed by atoms with E-state index in [1.165, 1.54) is 6.42 Å². The van der Waals surface area contributed by atoms with E-state index in [1.807, 2.05) is 4.90 Å². The van der Waals surface area contributed by atoms with Crippen LogP contribution >= 0.6 is 0 Å². The number of piperidine rings is 2. The topological polar surface area (TPSA) is 40.5 Å². The number of amides is 1. The first-order valence-electron chi connectivity index (χ1n) is 5.25. The van der Waals surface area contributed by atoms with Crippen LogP contribution in [0.1, 0.15) is 38.5 Å². The first-order chi connectivity index (χ1) is 6.33. The number of carbonyl (C=O) groups excluding carboxylic acids is 1. The molecule has 0 aromatic heterocycles. The summed E-state index contributed by atoms with van der Waals surface area (Å²) >= 11 is 0. The third-order valence-electron chi connectivity index (χ3n) is 3.29. The van der Waals surface area contributed by atoms with Crippen molar-refractivity contribution >= 4 is 5.91 Å². The van der Waals surface area contributed by atoms with Crippen molar-refractivity contribution < 1.29 is 9.90 Å². The van der Waals surface area contributed by atoms with E-state index in [0.717, 1.165) is 25.7 Å². The van der Waals surface area contributed by atoms with Gasteiger partial charge in [0.1, 0.15) is 0 Å². The summed E-state index contributed by atoms with van der Waals surface area (Å²) in [5, 5.41) is 9.15. The van der Waals surface area contributed by atoms with Crippen LogP contribution in [-0.4, -0.2) is 34.6 Å². The zero-order valence-electron chi connectivity index (χ0n) is 7.91. The van der Waals surface area contributed by atoms with Crippen LogP contribution in [0.5, 0.6) is 0 Å². The van der Waals surface area contributed by atoms with Crippen LogP contribution in [0.15, 0.2) is 0 Å². The molecule has 0 spiro atoms. The van der Waals surface area contributed by atoms with Gasteiger partial charge in [0, 0.05) is 12.5 Å². The standard InChI is InChI=1S/C10H17NO2/c12-7-9-5-1-3-8-4-2-6-10(13)11(8)9/h8-9,12H,1-7H2. The Morgan fingerprint density at radius 1 is 1.31 bits per heavy atom. The number of aliphatic hydroxyl groups excluding tert-OH is 1. The molecule has 13 heavy (non-hydrogen) atoms. The summed E-state index contributed by atoms with van der Waals surface area (Å²) in [6, 6.07) is 0.554. The van der Waals surface area contributed by atoms with Crippen LogP contribution in [-0.2, 0) is 4.79 Å². The van der Waals surface area contributed by atoms with Crippen LogP contribution in [0.3, 0.4) is 0 Å². The van der Waals surface area contributed by atoms with E-state index in [9.17, 15) is 4.79 Å². The van der Waals surface area contributed by atoms with Crippen molar-refractivity contribution in [3.05, 3.63) is 0 Å². The summed E-state index contributed by atoms with van der Waals surface area (Å²) in [4.78, 5) is 13.6. The van der Waals surface area contributed by atoms with Crippen LogP contribution in [0.25, 0.3) is 0 Å². The molecule has 0 aliphatic carbocycles. The monoisotopic (exact) mass is 183 g/mol. The highest BCUT2D eigenvalue weighted by Gasteiger charge is 2.35. The second kappa shape index (κ2) is 3.66. The number of hydrogen-bond acceptors (Lipinski definition) is 2. The lowest BCUT2D eigenvalue weighted by Gasteiger charge is -2.44. The maximum absolute atomic E-state index is 11.6. The van der Waals surface area contributed by atoms with E-state index in [1.54, 1.807) is 0 Å². The Bertz CT molecular complexity index is 196. The molecule has 0 radical (unpaired) electrons. The lowest BCUT2D eigenvalue weighted by molar-refractivity contribution is -0.143. The molecular formula is C10H17NO2. The van der Waals surface area contributed by atoms with Crippen molar-refractivity contribution in [3.63, 3.8) is 0 Å². The summed E-state index contributed by atoms with van der Waals surface area (Å²) in [6.07, 6.45) is 6.16. The van der Waals surface area contributed by atoms with Crippen LogP contribution in [0.2, 0.25) is 0 Å². The Morgan fingerprint density at radius 2 is 2.08 bits per heavy atom. The number of rotatable bonds is 1. The Labute approximate surface area is 78.7 Å². The largest absolute Gasteiger partial charge is 0.394 e. The molecule has 0 aromatic carbocycles. The van der Waals surface area contributed by atoms with Crippen molar-refractivity contribution in [2.45, 2.75) is 50.6 Å². The number of aliphatic hydroxyl groups is 1. The quantitative estimate of drug-likeness (QED) is 0.656. The molecule has 0 bridgehead atoms. The van der Waals surface area contributed by atoms with Crippen molar-refractivity contribution in [2.24, 2.45) is 0 Å². The van der Waals surface area contributed by atoms with Gasteiger partial charge in [0.05, 0.1) is 12.6 Å². The fraction of sp³-hybridized carbons (Fsp3) is 0.900. The van der Waals surface area contributed by atoms with Gasteiger partial charge in [0.15, 0.2) is 0 Å². The lowest BCUT2D eigenvalue weighted by atomic mass is 9.89. The zero-order chi connectivity index (χ0) is 9.26. The molecule has 1 amide bonds. The molecule has 2 unspecified atom stereocenters. The molecule has 3 heteroatoms. The van der Waals surface area contributed by atoms with Gasteiger partial charge in [-0.15, -0.1) is 0 Å². The van der Waals surface area contributed by atoms with Gasteiger partial charge in [-0.1, -0.05) is 0 Å². The predicted octanol–water partition coefficient (Wildman–Crippen LogP) is 0.912. The molecule has 2 atom stereocenters. The molecule has 2 rings (SSSR count). The molecule has 0 saturated carbocycles. The van der Waals surface area contributed by atoms with Crippen LogP contribution in [0, 0.1) is 0 Å². The average molecular weight is 183 g/mol. The van der Waals surface area contributed by atoms with E-state index in [4.69, 9.17) is 5.11 Å². The third kappa shape index (κ3) is 1.57. The SMILES string of the molecule is O=C1CCCC2CCCC(CO)N12. The molecule has 2 aliphatic rings. The fourth-order valence-corrected chi connectivity index (χ4v) is 2.65. The highest BCUT2D eigenvalue weighted by Crippen LogP contribution is 2.30. The van der Waals surface area contributed by atoms with Crippen LogP contribution < -0.4 is 0 Å². The lowest BCUT2D eigenvalue weighted by Crippen LogP contribution is -2.53. The highest BCUT2D eigenvalue weighted by molar-refractivity contribution is 5.77. The first kappa shape index (κ1) is 9.00.